The molecule has 2 N–H and O–H groups in total. The van der Waals surface area contributed by atoms with Crippen LogP contribution in [0.1, 0.15) is 26.3 Å². The number of benzene rings is 1. The van der Waals surface area contributed by atoms with E-state index in [1.807, 2.05) is 40.0 Å². The summed E-state index contributed by atoms with van der Waals surface area (Å²) in [5.74, 6) is 0.629. The van der Waals surface area contributed by atoms with Gasteiger partial charge in [-0.3, -0.25) is 0 Å². The van der Waals surface area contributed by atoms with E-state index in [1.165, 1.54) is 0 Å². The van der Waals surface area contributed by atoms with E-state index in [0.29, 0.717) is 42.6 Å². The predicted molar refractivity (Wildman–Crippen MR) is 117 cm³/mol. The van der Waals surface area contributed by atoms with Crippen molar-refractivity contribution in [3.05, 3.63) is 29.8 Å². The molecule has 0 aromatic heterocycles. The number of rotatable bonds is 8. The van der Waals surface area contributed by atoms with Crippen LogP contribution in [-0.4, -0.2) is 82.6 Å². The Kier molecular flexibility index (Phi) is 8.45. The first-order valence-electron chi connectivity index (χ1n) is 10.0. The predicted octanol–water partition coefficient (Wildman–Crippen LogP) is 1.10. The van der Waals surface area contributed by atoms with Crippen molar-refractivity contribution in [2.45, 2.75) is 37.8 Å². The van der Waals surface area contributed by atoms with E-state index in [2.05, 4.69) is 20.5 Å². The summed E-state index contributed by atoms with van der Waals surface area (Å²) in [6.45, 7) is 10.0. The molecule has 0 aliphatic carbocycles. The minimum atomic E-state index is -3.54. The first-order valence-corrected chi connectivity index (χ1v) is 11.5. The van der Waals surface area contributed by atoms with Crippen molar-refractivity contribution >= 4 is 16.0 Å². The van der Waals surface area contributed by atoms with Gasteiger partial charge in [-0.1, -0.05) is 18.2 Å². The van der Waals surface area contributed by atoms with E-state index >= 15 is 0 Å². The topological polar surface area (TPSA) is 86.3 Å². The molecule has 1 aromatic rings. The molecule has 8 nitrogen and oxygen atoms in total. The lowest BCUT2D eigenvalue weighted by Crippen LogP contribution is -2.47. The second-order valence-electron chi connectivity index (χ2n) is 7.83. The molecule has 1 fully saturated rings. The molecule has 1 aromatic carbocycles. The van der Waals surface area contributed by atoms with Gasteiger partial charge in [0.1, 0.15) is 0 Å². The fraction of sp³-hybridized carbons (Fsp3) is 0.650. The van der Waals surface area contributed by atoms with Crippen LogP contribution < -0.4 is 10.6 Å². The average Bonchev–Trinajstić information content (AvgIpc) is 2.70. The molecule has 1 aliphatic heterocycles. The van der Waals surface area contributed by atoms with Gasteiger partial charge in [-0.15, -0.1) is 0 Å². The lowest BCUT2D eigenvalue weighted by molar-refractivity contribution is 0.0268. The Morgan fingerprint density at radius 1 is 1.17 bits per heavy atom. The fourth-order valence-electron chi connectivity index (χ4n) is 2.93. The van der Waals surface area contributed by atoms with Crippen LogP contribution in [0.2, 0.25) is 0 Å². The van der Waals surface area contributed by atoms with Gasteiger partial charge >= 0.3 is 0 Å². The van der Waals surface area contributed by atoms with E-state index in [9.17, 15) is 8.42 Å². The van der Waals surface area contributed by atoms with Crippen molar-refractivity contribution in [1.29, 1.82) is 0 Å². The monoisotopic (exact) mass is 425 g/mol. The van der Waals surface area contributed by atoms with Gasteiger partial charge in [0.05, 0.1) is 17.0 Å². The Hall–Kier alpha value is -1.68. The zero-order valence-electron chi connectivity index (χ0n) is 18.2. The summed E-state index contributed by atoms with van der Waals surface area (Å²) >= 11 is 0. The number of guanidine groups is 1. The third-order valence-electron chi connectivity index (χ3n) is 5.04. The third kappa shape index (κ3) is 6.67. The van der Waals surface area contributed by atoms with E-state index in [0.717, 1.165) is 13.1 Å². The molecule has 0 unspecified atom stereocenters. The highest BCUT2D eigenvalue weighted by Gasteiger charge is 2.29. The third-order valence-corrected chi connectivity index (χ3v) is 7.04. The first kappa shape index (κ1) is 23.6. The minimum Gasteiger partial charge on any atom is -0.377 e. The highest BCUT2D eigenvalue weighted by molar-refractivity contribution is 7.89. The van der Waals surface area contributed by atoms with Crippen LogP contribution in [0, 0.1) is 0 Å². The highest BCUT2D eigenvalue weighted by Crippen LogP contribution is 2.22. The van der Waals surface area contributed by atoms with Gasteiger partial charge in [-0.2, -0.15) is 4.31 Å². The smallest absolute Gasteiger partial charge is 0.243 e. The maximum Gasteiger partial charge on any atom is 0.243 e. The molecule has 29 heavy (non-hydrogen) atoms. The van der Waals surface area contributed by atoms with E-state index in [4.69, 9.17) is 4.74 Å². The van der Waals surface area contributed by atoms with E-state index in [-0.39, 0.29) is 12.1 Å². The number of aliphatic imine (C=N–C) groups is 1. The summed E-state index contributed by atoms with van der Waals surface area (Å²) in [4.78, 5) is 7.07. The summed E-state index contributed by atoms with van der Waals surface area (Å²) in [7, 11) is 0.139. The first-order chi connectivity index (χ1) is 13.7. The number of ether oxygens (including phenoxy) is 1. The molecule has 1 saturated heterocycles. The number of hydrogen-bond acceptors (Lipinski definition) is 5. The molecular formula is C20H35N5O3S. The van der Waals surface area contributed by atoms with Crippen LogP contribution in [-0.2, 0) is 21.3 Å². The zero-order chi connectivity index (χ0) is 21.5. The number of nitrogens with one attached hydrogen (secondary N) is 2. The quantitative estimate of drug-likeness (QED) is 0.479. The molecule has 0 saturated carbocycles. The fourth-order valence-corrected chi connectivity index (χ4v) is 4.57. The van der Waals surface area contributed by atoms with Crippen LogP contribution in [0.4, 0.5) is 0 Å². The van der Waals surface area contributed by atoms with Gasteiger partial charge in [-0.25, -0.2) is 13.4 Å². The molecule has 0 bridgehead atoms. The number of hydrogen-bond donors (Lipinski definition) is 2. The molecule has 2 rings (SSSR count). The van der Waals surface area contributed by atoms with Crippen molar-refractivity contribution < 1.29 is 13.2 Å². The molecule has 1 heterocycles. The lowest BCUT2D eigenvalue weighted by Gasteiger charge is -2.32. The van der Waals surface area contributed by atoms with Crippen LogP contribution in [0.25, 0.3) is 0 Å². The van der Waals surface area contributed by atoms with Crippen molar-refractivity contribution in [1.82, 2.24) is 19.8 Å². The van der Waals surface area contributed by atoms with Crippen LogP contribution >= 0.6 is 0 Å². The number of nitrogens with zero attached hydrogens (tertiary/aromatic N) is 3. The number of likely N-dealkylation sites (N-methyl/N-ethyl adjacent to an activating group) is 1. The number of sulfonamides is 1. The summed E-state index contributed by atoms with van der Waals surface area (Å²) in [5.41, 5.74) is 0.355. The molecule has 0 atom stereocenters. The molecule has 0 radical (unpaired) electrons. The van der Waals surface area contributed by atoms with Gasteiger partial charge in [-0.05, 0) is 39.4 Å². The summed E-state index contributed by atoms with van der Waals surface area (Å²) in [6.07, 6.45) is 0. The van der Waals surface area contributed by atoms with Gasteiger partial charge in [0.15, 0.2) is 5.96 Å². The molecule has 1 aliphatic rings. The Morgan fingerprint density at radius 2 is 1.83 bits per heavy atom. The van der Waals surface area contributed by atoms with Gasteiger partial charge in [0.25, 0.3) is 0 Å². The van der Waals surface area contributed by atoms with Crippen LogP contribution in [0.5, 0.6) is 0 Å². The Balaban J connectivity index is 2.19. The zero-order valence-corrected chi connectivity index (χ0v) is 19.1. The van der Waals surface area contributed by atoms with Crippen molar-refractivity contribution in [2.75, 3.05) is 53.4 Å². The average molecular weight is 426 g/mol. The molecule has 9 heteroatoms. The largest absolute Gasteiger partial charge is 0.377 e. The van der Waals surface area contributed by atoms with Crippen LogP contribution in [0.15, 0.2) is 34.2 Å². The summed E-state index contributed by atoms with van der Waals surface area (Å²) in [5, 5.41) is 6.45. The maximum atomic E-state index is 13.2. The van der Waals surface area contributed by atoms with Crippen molar-refractivity contribution in [3.8, 4) is 0 Å². The Morgan fingerprint density at radius 3 is 2.45 bits per heavy atom. The second-order valence-corrected chi connectivity index (χ2v) is 9.73. The molecule has 0 amide bonds. The maximum absolute atomic E-state index is 13.2. The SMILES string of the molecule is CCNC(=NCc1ccccc1S(=O)(=O)N1CCN(C)CC1)NCC(C)(C)OC. The van der Waals surface area contributed by atoms with Crippen molar-refractivity contribution in [2.24, 2.45) is 4.99 Å². The second kappa shape index (κ2) is 10.4. The minimum absolute atomic E-state index is 0.270. The Labute approximate surface area is 175 Å². The van der Waals surface area contributed by atoms with Gasteiger partial charge in [0.2, 0.25) is 10.0 Å². The van der Waals surface area contributed by atoms with E-state index < -0.39 is 10.0 Å². The molecule has 164 valence electrons. The van der Waals surface area contributed by atoms with Gasteiger partial charge < -0.3 is 20.3 Å². The normalized spacial score (nSPS) is 17.3. The molecular weight excluding hydrogens is 390 g/mol. The van der Waals surface area contributed by atoms with Crippen molar-refractivity contribution in [3.63, 3.8) is 0 Å². The highest BCUT2D eigenvalue weighted by atomic mass is 32.2. The molecule has 0 spiro atoms. The summed E-state index contributed by atoms with van der Waals surface area (Å²) in [6, 6.07) is 7.12. The number of piperazine rings is 1. The van der Waals surface area contributed by atoms with Crippen LogP contribution in [0.3, 0.4) is 0 Å². The Bertz CT molecular complexity index is 787. The van der Waals surface area contributed by atoms with Gasteiger partial charge in [0, 0.05) is 46.4 Å². The lowest BCUT2D eigenvalue weighted by atomic mass is 10.1. The number of methoxy groups -OCH3 is 1. The summed E-state index contributed by atoms with van der Waals surface area (Å²) < 4.78 is 33.4. The van der Waals surface area contributed by atoms with E-state index in [1.54, 1.807) is 23.5 Å². The standard InChI is InChI=1S/C20H35N5O3S/c1-6-21-19(23-16-20(2,3)28-5)22-15-17-9-7-8-10-18(17)29(26,27)25-13-11-24(4)12-14-25/h7-10H,6,11-16H2,1-5H3,(H2,21,22,23).